The first kappa shape index (κ1) is 34.5. The SMILES string of the molecule is CC(C)CN1CCN(c2cc(CNC(=O)C3CC(F)(F)CN3S(=O)(=O)c3ccc(Cl)s3)cc(-c3ccc(C(F)(F)F)cc3)n2)CC1. The van der Waals surface area contributed by atoms with Gasteiger partial charge in [0.2, 0.25) is 5.91 Å². The second-order valence-corrected chi connectivity index (χ2v) is 15.7. The number of rotatable bonds is 9. The summed E-state index contributed by atoms with van der Waals surface area (Å²) in [6.45, 7) is 6.79. The maximum atomic E-state index is 14.5. The first-order valence-electron chi connectivity index (χ1n) is 14.6. The Labute approximate surface area is 273 Å². The van der Waals surface area contributed by atoms with Gasteiger partial charge in [-0.3, -0.25) is 9.69 Å². The van der Waals surface area contributed by atoms with Crippen molar-refractivity contribution in [2.24, 2.45) is 5.92 Å². The second-order valence-electron chi connectivity index (χ2n) is 11.9. The van der Waals surface area contributed by atoms with Crippen LogP contribution in [-0.2, 0) is 27.5 Å². The van der Waals surface area contributed by atoms with E-state index < -0.39 is 52.6 Å². The second kappa shape index (κ2) is 13.3. The summed E-state index contributed by atoms with van der Waals surface area (Å²) in [5, 5.41) is 2.60. The van der Waals surface area contributed by atoms with Crippen molar-refractivity contribution in [2.75, 3.05) is 44.2 Å². The number of carbonyl (C=O) groups excluding carboxylic acids is 1. The average molecular weight is 706 g/mol. The Kier molecular flexibility index (Phi) is 10.00. The Bertz CT molecular complexity index is 1660. The largest absolute Gasteiger partial charge is 0.416 e. The van der Waals surface area contributed by atoms with E-state index in [4.69, 9.17) is 16.6 Å². The van der Waals surface area contributed by atoms with Crippen molar-refractivity contribution in [1.29, 1.82) is 0 Å². The molecule has 0 radical (unpaired) electrons. The number of benzene rings is 1. The van der Waals surface area contributed by atoms with Crippen molar-refractivity contribution in [3.8, 4) is 11.3 Å². The highest BCUT2D eigenvalue weighted by Crippen LogP contribution is 2.38. The Morgan fingerprint density at radius 3 is 2.35 bits per heavy atom. The molecule has 0 saturated carbocycles. The number of sulfonamides is 1. The molecule has 0 bridgehead atoms. The Morgan fingerprint density at radius 1 is 1.09 bits per heavy atom. The lowest BCUT2D eigenvalue weighted by molar-refractivity contribution is -0.137. The van der Waals surface area contributed by atoms with Crippen molar-refractivity contribution in [2.45, 2.75) is 49.2 Å². The number of aromatic nitrogens is 1. The van der Waals surface area contributed by atoms with Crippen LogP contribution >= 0.6 is 22.9 Å². The molecule has 16 heteroatoms. The number of alkyl halides is 5. The van der Waals surface area contributed by atoms with Crippen LogP contribution < -0.4 is 10.2 Å². The molecule has 1 amide bonds. The highest BCUT2D eigenvalue weighted by Gasteiger charge is 2.53. The third-order valence-corrected chi connectivity index (χ3v) is 11.4. The maximum absolute atomic E-state index is 14.5. The van der Waals surface area contributed by atoms with E-state index in [0.717, 1.165) is 31.8 Å². The molecule has 0 spiro atoms. The summed E-state index contributed by atoms with van der Waals surface area (Å²) in [5.74, 6) is -3.28. The Morgan fingerprint density at radius 2 is 1.76 bits per heavy atom. The standard InChI is InChI=1S/C30H33ClF5N5O3S2/c1-19(2)17-39-9-11-40(12-10-39)26-14-20(13-23(38-26)21-3-5-22(6-4-21)30(34,35)36)16-37-28(42)24-15-29(32,33)18-41(24)46(43,44)27-8-7-25(31)45-27/h3-8,13-14,19,24H,9-12,15-18H2,1-2H3,(H,37,42). The number of piperazine rings is 1. The van der Waals surface area contributed by atoms with Gasteiger partial charge in [-0.15, -0.1) is 11.3 Å². The van der Waals surface area contributed by atoms with Crippen molar-refractivity contribution >= 4 is 44.7 Å². The number of halogens is 6. The first-order chi connectivity index (χ1) is 21.5. The number of hydrogen-bond donors (Lipinski definition) is 1. The number of nitrogens with one attached hydrogen (secondary N) is 1. The summed E-state index contributed by atoms with van der Waals surface area (Å²) in [6, 6.07) is 8.78. The Hall–Kier alpha value is -2.85. The number of pyridine rings is 1. The van der Waals surface area contributed by atoms with Crippen LogP contribution in [0.3, 0.4) is 0 Å². The minimum atomic E-state index is -4.51. The van der Waals surface area contributed by atoms with Crippen LogP contribution in [0, 0.1) is 5.92 Å². The molecule has 46 heavy (non-hydrogen) atoms. The van der Waals surface area contributed by atoms with Gasteiger partial charge in [-0.2, -0.15) is 17.5 Å². The third-order valence-electron chi connectivity index (χ3n) is 7.81. The summed E-state index contributed by atoms with van der Waals surface area (Å²) in [4.78, 5) is 22.4. The van der Waals surface area contributed by atoms with Crippen molar-refractivity contribution < 1.29 is 35.2 Å². The molecule has 8 nitrogen and oxygen atoms in total. The van der Waals surface area contributed by atoms with Gasteiger partial charge in [0.15, 0.2) is 0 Å². The molecular weight excluding hydrogens is 673 g/mol. The predicted octanol–water partition coefficient (Wildman–Crippen LogP) is 5.98. The van der Waals surface area contributed by atoms with E-state index in [9.17, 15) is 35.2 Å². The molecule has 1 atom stereocenters. The molecule has 5 rings (SSSR count). The zero-order valence-electron chi connectivity index (χ0n) is 25.0. The molecule has 2 fully saturated rings. The van der Waals surface area contributed by atoms with Gasteiger partial charge in [0, 0.05) is 51.3 Å². The topological polar surface area (TPSA) is 85.9 Å². The lowest BCUT2D eigenvalue weighted by Gasteiger charge is -2.36. The van der Waals surface area contributed by atoms with E-state index in [-0.39, 0.29) is 15.1 Å². The van der Waals surface area contributed by atoms with E-state index in [1.54, 1.807) is 12.1 Å². The maximum Gasteiger partial charge on any atom is 0.416 e. The van der Waals surface area contributed by atoms with Crippen molar-refractivity contribution in [1.82, 2.24) is 19.5 Å². The molecule has 3 aromatic rings. The summed E-state index contributed by atoms with van der Waals surface area (Å²) in [7, 11) is -4.43. The monoisotopic (exact) mass is 705 g/mol. The molecule has 1 unspecified atom stereocenters. The quantitative estimate of drug-likeness (QED) is 0.276. The zero-order valence-corrected chi connectivity index (χ0v) is 27.4. The van der Waals surface area contributed by atoms with Crippen LogP contribution in [0.4, 0.5) is 27.8 Å². The van der Waals surface area contributed by atoms with Crippen LogP contribution in [0.25, 0.3) is 11.3 Å². The van der Waals surface area contributed by atoms with E-state index in [1.165, 1.54) is 24.3 Å². The first-order valence-corrected chi connectivity index (χ1v) is 17.2. The van der Waals surface area contributed by atoms with Crippen LogP contribution in [0.2, 0.25) is 4.34 Å². The highest BCUT2D eigenvalue weighted by molar-refractivity contribution is 7.91. The zero-order chi connectivity index (χ0) is 33.4. The van der Waals surface area contributed by atoms with Gasteiger partial charge in [0.05, 0.1) is 22.1 Å². The number of amides is 1. The van der Waals surface area contributed by atoms with E-state index >= 15 is 0 Å². The fraction of sp³-hybridized carbons (Fsp3) is 0.467. The summed E-state index contributed by atoms with van der Waals surface area (Å²) >= 11 is 6.58. The van der Waals surface area contributed by atoms with E-state index in [1.807, 2.05) is 4.90 Å². The molecule has 2 saturated heterocycles. The summed E-state index contributed by atoms with van der Waals surface area (Å²) in [6.07, 6.45) is -5.50. The third kappa shape index (κ3) is 7.98. The van der Waals surface area contributed by atoms with Gasteiger partial charge in [-0.25, -0.2) is 22.2 Å². The molecule has 1 aromatic carbocycles. The van der Waals surface area contributed by atoms with Crippen LogP contribution in [0.15, 0.2) is 52.7 Å². The smallest absolute Gasteiger partial charge is 0.354 e. The van der Waals surface area contributed by atoms with Crippen molar-refractivity contribution in [3.63, 3.8) is 0 Å². The summed E-state index contributed by atoms with van der Waals surface area (Å²) < 4.78 is 95.4. The molecule has 4 heterocycles. The van der Waals surface area contributed by atoms with Crippen LogP contribution in [0.5, 0.6) is 0 Å². The highest BCUT2D eigenvalue weighted by atomic mass is 35.5. The van der Waals surface area contributed by atoms with E-state index in [0.29, 0.717) is 57.3 Å². The number of nitrogens with zero attached hydrogens (tertiary/aromatic N) is 4. The number of hydrogen-bond acceptors (Lipinski definition) is 7. The number of anilines is 1. The fourth-order valence-electron chi connectivity index (χ4n) is 5.61. The molecule has 250 valence electrons. The molecule has 2 aromatic heterocycles. The lowest BCUT2D eigenvalue weighted by atomic mass is 10.1. The normalized spacial score (nSPS) is 19.6. The van der Waals surface area contributed by atoms with Crippen LogP contribution in [0.1, 0.15) is 31.4 Å². The fourth-order valence-corrected chi connectivity index (χ4v) is 8.84. The van der Waals surface area contributed by atoms with Gasteiger partial charge in [0.25, 0.3) is 15.9 Å². The number of carbonyl (C=O) groups is 1. The Balaban J connectivity index is 1.39. The molecule has 1 N–H and O–H groups in total. The molecule has 2 aliphatic rings. The van der Waals surface area contributed by atoms with Gasteiger partial charge in [0.1, 0.15) is 16.1 Å². The van der Waals surface area contributed by atoms with E-state index in [2.05, 4.69) is 24.1 Å². The molecular formula is C30H33ClF5N5O3S2. The average Bonchev–Trinajstić information content (AvgIpc) is 3.58. The minimum absolute atomic E-state index is 0.157. The van der Waals surface area contributed by atoms with Gasteiger partial charge >= 0.3 is 6.18 Å². The lowest BCUT2D eigenvalue weighted by Crippen LogP contribution is -2.47. The number of thiophene rings is 1. The van der Waals surface area contributed by atoms with Gasteiger partial charge < -0.3 is 10.2 Å². The van der Waals surface area contributed by atoms with Crippen molar-refractivity contribution in [3.05, 3.63) is 64.0 Å². The minimum Gasteiger partial charge on any atom is -0.354 e. The van der Waals surface area contributed by atoms with Gasteiger partial charge in [-0.05, 0) is 47.9 Å². The molecule has 0 aliphatic carbocycles. The van der Waals surface area contributed by atoms with Crippen LogP contribution in [-0.4, -0.2) is 79.7 Å². The predicted molar refractivity (Wildman–Crippen MR) is 167 cm³/mol. The van der Waals surface area contributed by atoms with Gasteiger partial charge in [-0.1, -0.05) is 37.6 Å². The molecule has 2 aliphatic heterocycles. The summed E-state index contributed by atoms with van der Waals surface area (Å²) in [5.41, 5.74) is 0.496.